The van der Waals surface area contributed by atoms with Gasteiger partial charge in [0.05, 0.1) is 13.2 Å². The molecule has 0 aliphatic heterocycles. The minimum absolute atomic E-state index is 0.383. The van der Waals surface area contributed by atoms with Crippen molar-refractivity contribution in [2.24, 2.45) is 5.73 Å². The third-order valence-corrected chi connectivity index (χ3v) is 3.76. The number of hydrogen-bond donors (Lipinski definition) is 1. The fourth-order valence-electron chi connectivity index (χ4n) is 2.44. The van der Waals surface area contributed by atoms with Crippen molar-refractivity contribution in [3.8, 4) is 5.75 Å². The Hall–Kier alpha value is -1.97. The molecule has 3 rings (SSSR count). The van der Waals surface area contributed by atoms with Gasteiger partial charge in [0.2, 0.25) is 0 Å². The number of ether oxygens (including phenoxy) is 1. The molecule has 1 unspecified atom stereocenters. The van der Waals surface area contributed by atoms with Crippen LogP contribution >= 0.6 is 11.6 Å². The lowest BCUT2D eigenvalue weighted by molar-refractivity contribution is 0.404. The molecule has 0 saturated heterocycles. The summed E-state index contributed by atoms with van der Waals surface area (Å²) in [6.45, 7) is 2.02. The molecule has 0 fully saturated rings. The van der Waals surface area contributed by atoms with Crippen molar-refractivity contribution in [3.05, 3.63) is 64.4 Å². The predicted molar refractivity (Wildman–Crippen MR) is 85.0 cm³/mol. The highest BCUT2D eigenvalue weighted by atomic mass is 35.5. The highest BCUT2D eigenvalue weighted by Crippen LogP contribution is 2.33. The summed E-state index contributed by atoms with van der Waals surface area (Å²) in [7, 11) is 1.64. The number of hydrogen-bond acceptors (Lipinski definition) is 3. The molecule has 0 spiro atoms. The summed E-state index contributed by atoms with van der Waals surface area (Å²) in [6.07, 6.45) is 0. The molecule has 108 valence electrons. The van der Waals surface area contributed by atoms with Gasteiger partial charge in [0.1, 0.15) is 17.1 Å². The number of halogens is 1. The molecule has 1 heterocycles. The number of nitrogens with two attached hydrogens (primary N) is 1. The van der Waals surface area contributed by atoms with Crippen LogP contribution in [-0.2, 0) is 0 Å². The number of fused-ring (bicyclic) bond motifs is 1. The first-order chi connectivity index (χ1) is 10.1. The van der Waals surface area contributed by atoms with E-state index in [1.165, 1.54) is 0 Å². The maximum absolute atomic E-state index is 6.36. The molecular weight excluding hydrogens is 286 g/mol. The molecule has 4 heteroatoms. The van der Waals surface area contributed by atoms with Crippen LogP contribution in [0.25, 0.3) is 11.0 Å². The van der Waals surface area contributed by atoms with Gasteiger partial charge in [-0.2, -0.15) is 0 Å². The van der Waals surface area contributed by atoms with Gasteiger partial charge in [0.25, 0.3) is 0 Å². The van der Waals surface area contributed by atoms with E-state index in [-0.39, 0.29) is 6.04 Å². The van der Waals surface area contributed by atoms with E-state index in [1.807, 2.05) is 43.3 Å². The van der Waals surface area contributed by atoms with Crippen LogP contribution in [0, 0.1) is 6.92 Å². The highest BCUT2D eigenvalue weighted by Gasteiger charge is 2.18. The van der Waals surface area contributed by atoms with Crippen molar-refractivity contribution in [3.63, 3.8) is 0 Å². The lowest BCUT2D eigenvalue weighted by Gasteiger charge is -2.14. The zero-order valence-electron chi connectivity index (χ0n) is 11.9. The van der Waals surface area contributed by atoms with E-state index in [0.717, 1.165) is 27.8 Å². The van der Waals surface area contributed by atoms with E-state index >= 15 is 0 Å². The largest absolute Gasteiger partial charge is 0.496 e. The Morgan fingerprint density at radius 1 is 1.14 bits per heavy atom. The van der Waals surface area contributed by atoms with Crippen LogP contribution < -0.4 is 10.5 Å². The maximum atomic E-state index is 6.36. The Morgan fingerprint density at radius 3 is 2.71 bits per heavy atom. The van der Waals surface area contributed by atoms with Gasteiger partial charge in [-0.05, 0) is 37.3 Å². The van der Waals surface area contributed by atoms with Gasteiger partial charge in [0, 0.05) is 16.0 Å². The monoisotopic (exact) mass is 301 g/mol. The van der Waals surface area contributed by atoms with Gasteiger partial charge in [-0.25, -0.2) is 0 Å². The van der Waals surface area contributed by atoms with Crippen LogP contribution in [0.2, 0.25) is 5.02 Å². The quantitative estimate of drug-likeness (QED) is 0.777. The first kappa shape index (κ1) is 14.0. The average Bonchev–Trinajstić information content (AvgIpc) is 2.89. The highest BCUT2D eigenvalue weighted by molar-refractivity contribution is 6.31. The van der Waals surface area contributed by atoms with Crippen LogP contribution in [0.4, 0.5) is 0 Å². The van der Waals surface area contributed by atoms with E-state index in [1.54, 1.807) is 13.2 Å². The Balaban J connectivity index is 2.07. The van der Waals surface area contributed by atoms with E-state index in [9.17, 15) is 0 Å². The normalized spacial score (nSPS) is 12.6. The van der Waals surface area contributed by atoms with Crippen LogP contribution in [-0.4, -0.2) is 7.11 Å². The molecule has 2 aromatic carbocycles. The summed E-state index contributed by atoms with van der Waals surface area (Å²) < 4.78 is 11.2. The van der Waals surface area contributed by atoms with Crippen molar-refractivity contribution in [2.45, 2.75) is 13.0 Å². The second-order valence-corrected chi connectivity index (χ2v) is 5.49. The second-order valence-electron chi connectivity index (χ2n) is 5.05. The van der Waals surface area contributed by atoms with Crippen LogP contribution in [0.1, 0.15) is 22.9 Å². The molecule has 1 aromatic heterocycles. The number of rotatable bonds is 3. The molecule has 0 saturated carbocycles. The SMILES string of the molecule is COc1ccc(C)cc1C(N)c1cc2cc(Cl)ccc2o1. The Morgan fingerprint density at radius 2 is 1.95 bits per heavy atom. The first-order valence-corrected chi connectivity index (χ1v) is 7.05. The number of methoxy groups -OCH3 is 1. The van der Waals surface area contributed by atoms with E-state index in [0.29, 0.717) is 10.8 Å². The summed E-state index contributed by atoms with van der Waals surface area (Å²) in [6, 6.07) is 13.0. The summed E-state index contributed by atoms with van der Waals surface area (Å²) >= 11 is 6.00. The fraction of sp³-hybridized carbons (Fsp3) is 0.176. The van der Waals surface area contributed by atoms with Gasteiger partial charge >= 0.3 is 0 Å². The topological polar surface area (TPSA) is 48.4 Å². The second kappa shape index (κ2) is 5.43. The van der Waals surface area contributed by atoms with Crippen molar-refractivity contribution < 1.29 is 9.15 Å². The lowest BCUT2D eigenvalue weighted by Crippen LogP contribution is -2.12. The standard InChI is InChI=1S/C17H16ClNO2/c1-10-3-5-15(20-2)13(7-10)17(19)16-9-11-8-12(18)4-6-14(11)21-16/h3-9,17H,19H2,1-2H3. The van der Waals surface area contributed by atoms with E-state index < -0.39 is 0 Å². The van der Waals surface area contributed by atoms with Gasteiger partial charge < -0.3 is 14.9 Å². The molecule has 3 aromatic rings. The summed E-state index contributed by atoms with van der Waals surface area (Å²) in [5.74, 6) is 1.45. The van der Waals surface area contributed by atoms with Crippen molar-refractivity contribution in [1.29, 1.82) is 0 Å². The number of benzene rings is 2. The van der Waals surface area contributed by atoms with Gasteiger partial charge in [-0.3, -0.25) is 0 Å². The average molecular weight is 302 g/mol. The molecule has 3 nitrogen and oxygen atoms in total. The van der Waals surface area contributed by atoms with Crippen LogP contribution in [0.3, 0.4) is 0 Å². The smallest absolute Gasteiger partial charge is 0.134 e. The molecule has 0 bridgehead atoms. The fourth-order valence-corrected chi connectivity index (χ4v) is 2.62. The Bertz CT molecular complexity index is 795. The molecule has 0 radical (unpaired) electrons. The van der Waals surface area contributed by atoms with E-state index in [4.69, 9.17) is 26.5 Å². The Kier molecular flexibility index (Phi) is 3.62. The molecule has 2 N–H and O–H groups in total. The first-order valence-electron chi connectivity index (χ1n) is 6.67. The number of furan rings is 1. The molecule has 0 aliphatic carbocycles. The minimum atomic E-state index is -0.383. The zero-order chi connectivity index (χ0) is 15.0. The molecule has 0 amide bonds. The third kappa shape index (κ3) is 2.62. The zero-order valence-corrected chi connectivity index (χ0v) is 12.6. The Labute approximate surface area is 128 Å². The minimum Gasteiger partial charge on any atom is -0.496 e. The van der Waals surface area contributed by atoms with Crippen molar-refractivity contribution >= 4 is 22.6 Å². The summed E-state index contributed by atoms with van der Waals surface area (Å²) in [4.78, 5) is 0. The summed E-state index contributed by atoms with van der Waals surface area (Å²) in [5.41, 5.74) is 9.16. The third-order valence-electron chi connectivity index (χ3n) is 3.52. The summed E-state index contributed by atoms with van der Waals surface area (Å²) in [5, 5.41) is 1.62. The van der Waals surface area contributed by atoms with Crippen molar-refractivity contribution in [1.82, 2.24) is 0 Å². The molecular formula is C17H16ClNO2. The predicted octanol–water partition coefficient (Wildman–Crippen LogP) is 4.45. The molecule has 0 aliphatic rings. The maximum Gasteiger partial charge on any atom is 0.134 e. The molecule has 1 atom stereocenters. The number of aryl methyl sites for hydroxylation is 1. The van der Waals surface area contributed by atoms with Gasteiger partial charge in [-0.15, -0.1) is 0 Å². The lowest BCUT2D eigenvalue weighted by atomic mass is 10.0. The van der Waals surface area contributed by atoms with Gasteiger partial charge in [-0.1, -0.05) is 29.3 Å². The van der Waals surface area contributed by atoms with E-state index in [2.05, 4.69) is 0 Å². The van der Waals surface area contributed by atoms with Crippen LogP contribution in [0.5, 0.6) is 5.75 Å². The van der Waals surface area contributed by atoms with Gasteiger partial charge in [0.15, 0.2) is 0 Å². The molecule has 21 heavy (non-hydrogen) atoms. The van der Waals surface area contributed by atoms with Crippen LogP contribution in [0.15, 0.2) is 46.9 Å². The van der Waals surface area contributed by atoms with Crippen molar-refractivity contribution in [2.75, 3.05) is 7.11 Å².